The van der Waals surface area contributed by atoms with Crippen molar-refractivity contribution in [1.82, 2.24) is 4.98 Å². The van der Waals surface area contributed by atoms with Crippen LogP contribution in [-0.4, -0.2) is 22.6 Å². The van der Waals surface area contributed by atoms with Crippen LogP contribution in [-0.2, 0) is 17.6 Å². The van der Waals surface area contributed by atoms with Crippen LogP contribution in [0, 0.1) is 6.92 Å². The average molecular weight is 382 g/mol. The fourth-order valence-corrected chi connectivity index (χ4v) is 5.67. The first kappa shape index (κ1) is 17.4. The first-order valence-corrected chi connectivity index (χ1v) is 10.5. The summed E-state index contributed by atoms with van der Waals surface area (Å²) >= 11 is 4.34. The van der Waals surface area contributed by atoms with Crippen LogP contribution < -0.4 is 11.1 Å². The number of thiazole rings is 1. The lowest BCUT2D eigenvalue weighted by Crippen LogP contribution is -2.12. The van der Waals surface area contributed by atoms with Crippen LogP contribution in [0.4, 0.5) is 5.13 Å². The molecule has 2 aromatic heterocycles. The summed E-state index contributed by atoms with van der Waals surface area (Å²) in [5.74, 6) is -0.250. The number of primary amides is 1. The smallest absolute Gasteiger partial charge is 0.267 e. The molecule has 0 aromatic carbocycles. The zero-order valence-corrected chi connectivity index (χ0v) is 15.8. The van der Waals surface area contributed by atoms with Crippen molar-refractivity contribution in [1.29, 1.82) is 0 Å². The summed E-state index contributed by atoms with van der Waals surface area (Å²) in [4.78, 5) is 29.9. The highest BCUT2D eigenvalue weighted by Crippen LogP contribution is 2.33. The van der Waals surface area contributed by atoms with Crippen LogP contribution >= 0.6 is 34.4 Å². The molecule has 2 heterocycles. The molecule has 5 nitrogen and oxygen atoms in total. The number of aromatic nitrogens is 1. The second-order valence-electron chi connectivity index (χ2n) is 5.72. The molecule has 0 saturated carbocycles. The van der Waals surface area contributed by atoms with E-state index in [4.69, 9.17) is 5.73 Å². The van der Waals surface area contributed by atoms with Gasteiger partial charge < -0.3 is 5.73 Å². The van der Waals surface area contributed by atoms with Gasteiger partial charge >= 0.3 is 0 Å². The predicted molar refractivity (Wildman–Crippen MR) is 100 cm³/mol. The van der Waals surface area contributed by atoms with E-state index in [1.165, 1.54) is 52.8 Å². The third-order valence-electron chi connectivity index (χ3n) is 3.79. The van der Waals surface area contributed by atoms with Crippen LogP contribution in [0.3, 0.4) is 0 Å². The molecule has 3 rings (SSSR count). The Bertz CT molecular complexity index is 743. The minimum absolute atomic E-state index is 0.103. The Hall–Kier alpha value is -1.38. The Morgan fingerprint density at radius 2 is 2.08 bits per heavy atom. The average Bonchev–Trinajstić information content (AvgIpc) is 3.02. The standard InChI is InChI=1S/C16H19N3O2S3/c1-9-15(22-8-13(17)20)24-16(18-9)19-14(21)12-7-10-5-3-2-4-6-11(10)23-12/h7H,2-6,8H2,1H3,(H2,17,20)(H,18,19,21). The number of thioether (sulfide) groups is 1. The minimum Gasteiger partial charge on any atom is -0.369 e. The van der Waals surface area contributed by atoms with Crippen molar-refractivity contribution in [2.45, 2.75) is 43.2 Å². The van der Waals surface area contributed by atoms with Gasteiger partial charge in [0.15, 0.2) is 5.13 Å². The lowest BCUT2D eigenvalue weighted by Gasteiger charge is -1.98. The molecule has 0 aliphatic heterocycles. The van der Waals surface area contributed by atoms with Crippen molar-refractivity contribution < 1.29 is 9.59 Å². The van der Waals surface area contributed by atoms with E-state index in [1.807, 2.05) is 13.0 Å². The Kier molecular flexibility index (Phi) is 5.57. The number of nitrogens with zero attached hydrogens (tertiary/aromatic N) is 1. The molecular formula is C16H19N3O2S3. The summed E-state index contributed by atoms with van der Waals surface area (Å²) in [7, 11) is 0. The molecule has 0 unspecified atom stereocenters. The van der Waals surface area contributed by atoms with Gasteiger partial charge in [-0.3, -0.25) is 14.9 Å². The predicted octanol–water partition coefficient (Wildman–Crippen LogP) is 3.61. The van der Waals surface area contributed by atoms with Gasteiger partial charge in [0.2, 0.25) is 5.91 Å². The van der Waals surface area contributed by atoms with E-state index >= 15 is 0 Å². The monoisotopic (exact) mass is 381 g/mol. The molecule has 1 aliphatic carbocycles. The Labute approximate surface area is 153 Å². The molecule has 2 aromatic rings. The van der Waals surface area contributed by atoms with Gasteiger partial charge in [0.05, 0.1) is 20.5 Å². The third kappa shape index (κ3) is 4.17. The molecule has 0 spiro atoms. The Morgan fingerprint density at radius 1 is 1.29 bits per heavy atom. The molecule has 2 amide bonds. The number of amides is 2. The number of thiophene rings is 1. The molecule has 0 radical (unpaired) electrons. The van der Waals surface area contributed by atoms with Gasteiger partial charge in [0.25, 0.3) is 5.91 Å². The van der Waals surface area contributed by atoms with Gasteiger partial charge in [-0.15, -0.1) is 23.1 Å². The van der Waals surface area contributed by atoms with Crippen molar-refractivity contribution in [2.75, 3.05) is 11.1 Å². The zero-order valence-electron chi connectivity index (χ0n) is 13.4. The van der Waals surface area contributed by atoms with E-state index in [9.17, 15) is 9.59 Å². The summed E-state index contributed by atoms with van der Waals surface area (Å²) < 4.78 is 0.908. The molecular weight excluding hydrogens is 362 g/mol. The van der Waals surface area contributed by atoms with E-state index in [-0.39, 0.29) is 17.6 Å². The normalized spacial score (nSPS) is 14.0. The fourth-order valence-electron chi connectivity index (χ4n) is 2.64. The first-order chi connectivity index (χ1) is 11.5. The van der Waals surface area contributed by atoms with Crippen molar-refractivity contribution in [3.05, 3.63) is 27.1 Å². The van der Waals surface area contributed by atoms with Crippen LogP contribution in [0.25, 0.3) is 0 Å². The van der Waals surface area contributed by atoms with Crippen LogP contribution in [0.5, 0.6) is 0 Å². The number of carbonyl (C=O) groups is 2. The highest BCUT2D eigenvalue weighted by Gasteiger charge is 2.18. The first-order valence-electron chi connectivity index (χ1n) is 7.84. The summed E-state index contributed by atoms with van der Waals surface area (Å²) in [5.41, 5.74) is 7.31. The maximum Gasteiger partial charge on any atom is 0.267 e. The van der Waals surface area contributed by atoms with Crippen LogP contribution in [0.15, 0.2) is 10.3 Å². The molecule has 0 atom stereocenters. The third-order valence-corrected chi connectivity index (χ3v) is 7.48. The van der Waals surface area contributed by atoms with E-state index in [2.05, 4.69) is 10.3 Å². The number of fused-ring (bicyclic) bond motifs is 1. The van der Waals surface area contributed by atoms with Crippen molar-refractivity contribution >= 4 is 51.4 Å². The van der Waals surface area contributed by atoms with Crippen molar-refractivity contribution in [3.63, 3.8) is 0 Å². The molecule has 0 saturated heterocycles. The number of carbonyl (C=O) groups excluding carboxylic acids is 2. The van der Waals surface area contributed by atoms with Crippen LogP contribution in [0.1, 0.15) is 45.1 Å². The van der Waals surface area contributed by atoms with Crippen molar-refractivity contribution in [2.24, 2.45) is 5.73 Å². The van der Waals surface area contributed by atoms with Gasteiger partial charge in [-0.25, -0.2) is 4.98 Å². The fraction of sp³-hybridized carbons (Fsp3) is 0.438. The Morgan fingerprint density at radius 3 is 2.88 bits per heavy atom. The molecule has 3 N–H and O–H groups in total. The van der Waals surface area contributed by atoms with Gasteiger partial charge in [0, 0.05) is 4.88 Å². The second kappa shape index (κ2) is 7.67. The molecule has 0 fully saturated rings. The maximum absolute atomic E-state index is 12.5. The number of nitrogens with two attached hydrogens (primary N) is 1. The summed E-state index contributed by atoms with van der Waals surface area (Å²) in [6, 6.07) is 2.03. The summed E-state index contributed by atoms with van der Waals surface area (Å²) in [5, 5.41) is 3.44. The lowest BCUT2D eigenvalue weighted by molar-refractivity contribution is -0.115. The van der Waals surface area contributed by atoms with E-state index in [0.29, 0.717) is 5.13 Å². The van der Waals surface area contributed by atoms with Gasteiger partial charge in [-0.1, -0.05) is 17.8 Å². The van der Waals surface area contributed by atoms with Gasteiger partial charge in [-0.2, -0.15) is 0 Å². The minimum atomic E-state index is -0.363. The number of aryl methyl sites for hydroxylation is 3. The van der Waals surface area contributed by atoms with Crippen LogP contribution in [0.2, 0.25) is 0 Å². The summed E-state index contributed by atoms with van der Waals surface area (Å²) in [6.45, 7) is 1.86. The number of nitrogens with one attached hydrogen (secondary N) is 1. The van der Waals surface area contributed by atoms with Crippen molar-refractivity contribution in [3.8, 4) is 0 Å². The number of anilines is 1. The highest BCUT2D eigenvalue weighted by atomic mass is 32.2. The molecule has 8 heteroatoms. The highest BCUT2D eigenvalue weighted by molar-refractivity contribution is 8.01. The SMILES string of the molecule is Cc1nc(NC(=O)c2cc3c(s2)CCCCC3)sc1SCC(N)=O. The largest absolute Gasteiger partial charge is 0.369 e. The number of hydrogen-bond donors (Lipinski definition) is 2. The lowest BCUT2D eigenvalue weighted by atomic mass is 10.1. The number of rotatable bonds is 5. The number of hydrogen-bond acceptors (Lipinski definition) is 6. The van der Waals surface area contributed by atoms with Gasteiger partial charge in [0.1, 0.15) is 0 Å². The maximum atomic E-state index is 12.5. The van der Waals surface area contributed by atoms with Gasteiger partial charge in [-0.05, 0) is 44.2 Å². The Balaban J connectivity index is 1.68. The quantitative estimate of drug-likeness (QED) is 0.612. The topological polar surface area (TPSA) is 85.1 Å². The molecule has 24 heavy (non-hydrogen) atoms. The van der Waals surface area contributed by atoms with E-state index < -0.39 is 0 Å². The summed E-state index contributed by atoms with van der Waals surface area (Å²) in [6.07, 6.45) is 5.84. The van der Waals surface area contributed by atoms with E-state index in [0.717, 1.165) is 27.6 Å². The molecule has 1 aliphatic rings. The molecule has 128 valence electrons. The van der Waals surface area contributed by atoms with E-state index in [1.54, 1.807) is 11.3 Å². The zero-order chi connectivity index (χ0) is 17.1. The molecule has 0 bridgehead atoms. The second-order valence-corrected chi connectivity index (χ2v) is 9.10.